The van der Waals surface area contributed by atoms with Crippen molar-refractivity contribution in [1.29, 1.82) is 0 Å². The smallest absolute Gasteiger partial charge is 0.311 e. The zero-order valence-electron chi connectivity index (χ0n) is 12.5. The Hall–Kier alpha value is -0.330. The Morgan fingerprint density at radius 3 is 2.50 bits per heavy atom. The van der Waals surface area contributed by atoms with Gasteiger partial charge in [-0.05, 0) is 31.6 Å². The van der Waals surface area contributed by atoms with Crippen LogP contribution in [0.1, 0.15) is 33.6 Å². The lowest BCUT2D eigenvalue weighted by atomic mass is 9.87. The van der Waals surface area contributed by atoms with E-state index >= 15 is 0 Å². The Kier molecular flexibility index (Phi) is 4.66. The second-order valence-electron chi connectivity index (χ2n) is 6.60. The van der Waals surface area contributed by atoms with E-state index in [1.54, 1.807) is 0 Å². The molecule has 1 saturated carbocycles. The Morgan fingerprint density at radius 1 is 1.35 bits per heavy atom. The number of halogens is 3. The minimum Gasteiger partial charge on any atom is -0.311 e. The Morgan fingerprint density at radius 2 is 2.00 bits per heavy atom. The van der Waals surface area contributed by atoms with E-state index in [0.717, 1.165) is 13.1 Å². The first-order chi connectivity index (χ1) is 9.22. The van der Waals surface area contributed by atoms with E-state index in [2.05, 4.69) is 35.7 Å². The first-order valence-electron chi connectivity index (χ1n) is 7.41. The highest BCUT2D eigenvalue weighted by Gasteiger charge is 2.48. The van der Waals surface area contributed by atoms with Gasteiger partial charge in [0.1, 0.15) is 0 Å². The number of nitrogens with zero attached hydrogens (tertiary/aromatic N) is 1. The van der Waals surface area contributed by atoms with Crippen molar-refractivity contribution in [2.24, 2.45) is 11.8 Å². The molecule has 0 aromatic carbocycles. The zero-order chi connectivity index (χ0) is 15.0. The summed E-state index contributed by atoms with van der Waals surface area (Å²) in [6, 6.07) is 0.340. The van der Waals surface area contributed by atoms with Gasteiger partial charge >= 0.3 is 6.36 Å². The summed E-state index contributed by atoms with van der Waals surface area (Å²) in [5.41, 5.74) is -0.0274. The van der Waals surface area contributed by atoms with Crippen LogP contribution in [0.15, 0.2) is 0 Å². The van der Waals surface area contributed by atoms with Crippen LogP contribution in [-0.4, -0.2) is 49.1 Å². The molecule has 2 unspecified atom stereocenters. The maximum absolute atomic E-state index is 12.1. The lowest BCUT2D eigenvalue weighted by Gasteiger charge is -2.49. The number of rotatable bonds is 5. The van der Waals surface area contributed by atoms with E-state index in [1.165, 1.54) is 12.8 Å². The minimum absolute atomic E-state index is 0.0274. The third-order valence-corrected chi connectivity index (χ3v) is 4.75. The van der Waals surface area contributed by atoms with Crippen LogP contribution < -0.4 is 5.32 Å². The quantitative estimate of drug-likeness (QED) is 0.843. The molecule has 1 saturated heterocycles. The van der Waals surface area contributed by atoms with Gasteiger partial charge in [-0.15, -0.1) is 13.2 Å². The highest BCUT2D eigenvalue weighted by atomic mass is 19.4. The van der Waals surface area contributed by atoms with Gasteiger partial charge in [0.15, 0.2) is 0 Å². The van der Waals surface area contributed by atoms with Gasteiger partial charge < -0.3 is 5.32 Å². The van der Waals surface area contributed by atoms with Crippen LogP contribution >= 0.6 is 0 Å². The molecule has 0 amide bonds. The third-order valence-electron chi connectivity index (χ3n) is 4.75. The third kappa shape index (κ3) is 3.86. The van der Waals surface area contributed by atoms with E-state index < -0.39 is 6.36 Å². The lowest BCUT2D eigenvalue weighted by molar-refractivity contribution is -0.325. The van der Waals surface area contributed by atoms with Crippen molar-refractivity contribution < 1.29 is 17.9 Å². The van der Waals surface area contributed by atoms with Gasteiger partial charge in [0.25, 0.3) is 0 Å². The molecule has 0 spiro atoms. The Labute approximate surface area is 118 Å². The van der Waals surface area contributed by atoms with Crippen molar-refractivity contribution in [1.82, 2.24) is 10.2 Å². The summed E-state index contributed by atoms with van der Waals surface area (Å²) in [6.07, 6.45) is -2.16. The van der Waals surface area contributed by atoms with Crippen molar-refractivity contribution >= 4 is 0 Å². The number of nitrogens with one attached hydrogen (secondary N) is 1. The molecule has 1 aliphatic heterocycles. The molecule has 1 heterocycles. The second kappa shape index (κ2) is 5.81. The zero-order valence-corrected chi connectivity index (χ0v) is 12.5. The normalized spacial score (nSPS) is 32.9. The summed E-state index contributed by atoms with van der Waals surface area (Å²) in [6.45, 7) is 8.16. The summed E-state index contributed by atoms with van der Waals surface area (Å²) in [4.78, 5) is 2.21. The van der Waals surface area contributed by atoms with Crippen LogP contribution in [0.5, 0.6) is 0 Å². The van der Waals surface area contributed by atoms with Crippen molar-refractivity contribution in [2.45, 2.75) is 51.6 Å². The molecular weight excluding hydrogens is 269 g/mol. The predicted molar refractivity (Wildman–Crippen MR) is 71.3 cm³/mol. The first-order valence-corrected chi connectivity index (χ1v) is 7.41. The van der Waals surface area contributed by atoms with Gasteiger partial charge in [0, 0.05) is 31.2 Å². The highest BCUT2D eigenvalue weighted by molar-refractivity contribution is 5.05. The molecule has 0 aromatic heterocycles. The fraction of sp³-hybridized carbons (Fsp3) is 1.00. The van der Waals surface area contributed by atoms with Crippen molar-refractivity contribution in [3.63, 3.8) is 0 Å². The van der Waals surface area contributed by atoms with Crippen LogP contribution in [0.3, 0.4) is 0 Å². The summed E-state index contributed by atoms with van der Waals surface area (Å²) in [5.74, 6) is 1.08. The van der Waals surface area contributed by atoms with Crippen molar-refractivity contribution in [2.75, 3.05) is 26.2 Å². The van der Waals surface area contributed by atoms with Crippen LogP contribution in [0, 0.1) is 11.8 Å². The van der Waals surface area contributed by atoms with Crippen molar-refractivity contribution in [3.8, 4) is 0 Å². The van der Waals surface area contributed by atoms with E-state index in [0.29, 0.717) is 24.4 Å². The van der Waals surface area contributed by atoms with Crippen LogP contribution in [0.25, 0.3) is 0 Å². The standard InChI is InChI=1S/C14H25F3N2O/c1-10(2)12-8-19(6-7-20-14(15,16)17)13(3,9-18-12)11-4-5-11/h10-12,18H,4-9H2,1-3H3. The molecular formula is C14H25F3N2O. The van der Waals surface area contributed by atoms with Gasteiger partial charge in [0.2, 0.25) is 0 Å². The van der Waals surface area contributed by atoms with Crippen LogP contribution in [0.4, 0.5) is 13.2 Å². The van der Waals surface area contributed by atoms with E-state index in [9.17, 15) is 13.2 Å². The summed E-state index contributed by atoms with van der Waals surface area (Å²) < 4.78 is 40.3. The summed E-state index contributed by atoms with van der Waals surface area (Å²) in [5, 5.41) is 3.56. The fourth-order valence-electron chi connectivity index (χ4n) is 3.13. The van der Waals surface area contributed by atoms with E-state index in [-0.39, 0.29) is 12.1 Å². The molecule has 118 valence electrons. The molecule has 0 aromatic rings. The molecule has 1 aliphatic carbocycles. The van der Waals surface area contributed by atoms with E-state index in [4.69, 9.17) is 0 Å². The van der Waals surface area contributed by atoms with E-state index in [1.807, 2.05) is 0 Å². The Balaban J connectivity index is 1.95. The molecule has 20 heavy (non-hydrogen) atoms. The molecule has 2 fully saturated rings. The van der Waals surface area contributed by atoms with Crippen LogP contribution in [-0.2, 0) is 4.74 Å². The van der Waals surface area contributed by atoms with Gasteiger partial charge in [-0.3, -0.25) is 9.64 Å². The maximum Gasteiger partial charge on any atom is 0.522 e. The average Bonchev–Trinajstić information content (AvgIpc) is 3.13. The highest BCUT2D eigenvalue weighted by Crippen LogP contribution is 2.44. The lowest BCUT2D eigenvalue weighted by Crippen LogP contribution is -2.66. The monoisotopic (exact) mass is 294 g/mol. The molecule has 3 nitrogen and oxygen atoms in total. The molecule has 1 N–H and O–H groups in total. The van der Waals surface area contributed by atoms with Gasteiger partial charge in [0.05, 0.1) is 6.61 Å². The first kappa shape index (κ1) is 16.0. The number of hydrogen-bond donors (Lipinski definition) is 1. The number of hydrogen-bond acceptors (Lipinski definition) is 3. The average molecular weight is 294 g/mol. The number of alkyl halides is 3. The number of piperazine rings is 1. The second-order valence-corrected chi connectivity index (χ2v) is 6.60. The molecule has 6 heteroatoms. The van der Waals surface area contributed by atoms with Gasteiger partial charge in [-0.2, -0.15) is 0 Å². The summed E-state index contributed by atoms with van der Waals surface area (Å²) in [7, 11) is 0. The molecule has 2 rings (SSSR count). The topological polar surface area (TPSA) is 24.5 Å². The van der Waals surface area contributed by atoms with Gasteiger partial charge in [-0.25, -0.2) is 0 Å². The largest absolute Gasteiger partial charge is 0.522 e. The van der Waals surface area contributed by atoms with Crippen molar-refractivity contribution in [3.05, 3.63) is 0 Å². The SMILES string of the molecule is CC(C)C1CN(CCOC(F)(F)F)C(C)(C2CC2)CN1. The van der Waals surface area contributed by atoms with Crippen LogP contribution in [0.2, 0.25) is 0 Å². The molecule has 2 aliphatic rings. The molecule has 0 radical (unpaired) electrons. The maximum atomic E-state index is 12.1. The number of ether oxygens (including phenoxy) is 1. The summed E-state index contributed by atoms with van der Waals surface area (Å²) >= 11 is 0. The minimum atomic E-state index is -4.53. The van der Waals surface area contributed by atoms with Gasteiger partial charge in [-0.1, -0.05) is 13.8 Å². The fourth-order valence-corrected chi connectivity index (χ4v) is 3.13. The molecule has 2 atom stereocenters. The molecule has 0 bridgehead atoms. The Bertz CT molecular complexity index is 331. The predicted octanol–water partition coefficient (Wildman–Crippen LogP) is 2.62.